The van der Waals surface area contributed by atoms with E-state index in [1.807, 2.05) is 0 Å². The summed E-state index contributed by atoms with van der Waals surface area (Å²) in [4.78, 5) is 29.5. The molecule has 1 aromatic rings. The minimum Gasteiger partial charge on any atom is -0.497 e. The zero-order chi connectivity index (χ0) is 13.4. The number of hydrogen-bond acceptors (Lipinski definition) is 5. The van der Waals surface area contributed by atoms with Crippen molar-refractivity contribution in [3.63, 3.8) is 0 Å². The van der Waals surface area contributed by atoms with Gasteiger partial charge < -0.3 is 9.84 Å². The van der Waals surface area contributed by atoms with Gasteiger partial charge in [0.05, 0.1) is 7.11 Å². The highest BCUT2D eigenvalue weighted by molar-refractivity contribution is 5.86. The Balaban J connectivity index is 2.42. The van der Waals surface area contributed by atoms with Crippen molar-refractivity contribution in [3.8, 4) is 5.75 Å². The highest BCUT2D eigenvalue weighted by atomic mass is 17.2. The number of carboxylic acid groups (broad SMARTS) is 1. The minimum atomic E-state index is -1.22. The van der Waals surface area contributed by atoms with Gasteiger partial charge in [0.25, 0.3) is 0 Å². The van der Waals surface area contributed by atoms with Gasteiger partial charge in [0, 0.05) is 6.08 Å². The zero-order valence-electron chi connectivity index (χ0n) is 9.66. The van der Waals surface area contributed by atoms with Gasteiger partial charge in [0.15, 0.2) is 6.61 Å². The molecule has 18 heavy (non-hydrogen) atoms. The van der Waals surface area contributed by atoms with Crippen LogP contribution >= 0.6 is 0 Å². The SMILES string of the molecule is COc1ccc(C=CC(=O)OOCC(=O)O)cc1. The topological polar surface area (TPSA) is 82.1 Å². The molecule has 1 aromatic carbocycles. The van der Waals surface area contributed by atoms with Crippen LogP contribution in [0.4, 0.5) is 0 Å². The number of ether oxygens (including phenoxy) is 1. The largest absolute Gasteiger partial charge is 0.497 e. The molecule has 6 heteroatoms. The number of benzene rings is 1. The average Bonchev–Trinajstić information content (AvgIpc) is 2.36. The molecule has 0 fully saturated rings. The van der Waals surface area contributed by atoms with Crippen molar-refractivity contribution in [1.82, 2.24) is 0 Å². The molecule has 0 saturated carbocycles. The lowest BCUT2D eigenvalue weighted by Gasteiger charge is -1.99. The molecule has 0 heterocycles. The van der Waals surface area contributed by atoms with E-state index in [1.54, 1.807) is 31.4 Å². The van der Waals surface area contributed by atoms with Crippen molar-refractivity contribution in [2.45, 2.75) is 0 Å². The van der Waals surface area contributed by atoms with Gasteiger partial charge in [-0.05, 0) is 23.8 Å². The van der Waals surface area contributed by atoms with E-state index in [4.69, 9.17) is 9.84 Å². The Hall–Kier alpha value is -2.34. The van der Waals surface area contributed by atoms with Crippen molar-refractivity contribution >= 4 is 18.0 Å². The number of carboxylic acids is 1. The fourth-order valence-electron chi connectivity index (χ4n) is 1.05. The third-order valence-electron chi connectivity index (χ3n) is 1.85. The van der Waals surface area contributed by atoms with E-state index in [9.17, 15) is 9.59 Å². The van der Waals surface area contributed by atoms with E-state index < -0.39 is 18.5 Å². The second-order valence-electron chi connectivity index (χ2n) is 3.16. The summed E-state index contributed by atoms with van der Waals surface area (Å²) in [7, 11) is 1.56. The lowest BCUT2D eigenvalue weighted by Crippen LogP contribution is -2.10. The Kier molecular flexibility index (Phi) is 5.40. The van der Waals surface area contributed by atoms with Crippen LogP contribution in [0.1, 0.15) is 5.56 Å². The Morgan fingerprint density at radius 3 is 2.50 bits per heavy atom. The predicted octanol–water partition coefficient (Wildman–Crippen LogP) is 1.27. The van der Waals surface area contributed by atoms with E-state index in [0.717, 1.165) is 11.6 Å². The Labute approximate surface area is 103 Å². The maximum Gasteiger partial charge on any atom is 0.365 e. The highest BCUT2D eigenvalue weighted by Gasteiger charge is 2.01. The minimum absolute atomic E-state index is 0.692. The van der Waals surface area contributed by atoms with Crippen LogP contribution in [0.15, 0.2) is 30.3 Å². The summed E-state index contributed by atoms with van der Waals surface area (Å²) in [5, 5.41) is 8.24. The summed E-state index contributed by atoms with van der Waals surface area (Å²) in [5.74, 6) is -1.30. The summed E-state index contributed by atoms with van der Waals surface area (Å²) < 4.78 is 4.98. The van der Waals surface area contributed by atoms with Crippen LogP contribution in [0.5, 0.6) is 5.75 Å². The first kappa shape index (κ1) is 13.7. The molecule has 96 valence electrons. The molecule has 1 rings (SSSR count). The molecule has 0 bridgehead atoms. The fourth-order valence-corrected chi connectivity index (χ4v) is 1.05. The van der Waals surface area contributed by atoms with Gasteiger partial charge in [-0.3, -0.25) is 4.89 Å². The average molecular weight is 252 g/mol. The van der Waals surface area contributed by atoms with Crippen LogP contribution in [0, 0.1) is 0 Å². The number of carbonyl (C=O) groups excluding carboxylic acids is 1. The summed E-state index contributed by atoms with van der Waals surface area (Å²) in [6.45, 7) is -0.692. The first-order valence-corrected chi connectivity index (χ1v) is 4.99. The molecule has 0 aliphatic carbocycles. The molecule has 0 aromatic heterocycles. The van der Waals surface area contributed by atoms with Gasteiger partial charge in [0.1, 0.15) is 5.75 Å². The molecule has 1 N–H and O–H groups in total. The maximum absolute atomic E-state index is 11.1. The maximum atomic E-state index is 11.1. The zero-order valence-corrected chi connectivity index (χ0v) is 9.66. The van der Waals surface area contributed by atoms with Gasteiger partial charge in [0.2, 0.25) is 0 Å². The first-order chi connectivity index (χ1) is 8.61. The van der Waals surface area contributed by atoms with Crippen molar-refractivity contribution < 1.29 is 29.2 Å². The molecular formula is C12H12O6. The van der Waals surface area contributed by atoms with Crippen LogP contribution < -0.4 is 4.74 Å². The number of aliphatic carboxylic acids is 1. The molecule has 0 spiro atoms. The standard InChI is InChI=1S/C12H12O6/c1-16-10-5-2-9(3-6-10)4-7-12(15)18-17-8-11(13)14/h2-7H,8H2,1H3,(H,13,14). The van der Waals surface area contributed by atoms with E-state index in [2.05, 4.69) is 9.78 Å². The molecule has 6 nitrogen and oxygen atoms in total. The molecule has 0 aliphatic heterocycles. The van der Waals surface area contributed by atoms with Crippen molar-refractivity contribution in [2.24, 2.45) is 0 Å². The van der Waals surface area contributed by atoms with Crippen LogP contribution in [0.25, 0.3) is 6.08 Å². The first-order valence-electron chi connectivity index (χ1n) is 4.99. The molecule has 0 amide bonds. The highest BCUT2D eigenvalue weighted by Crippen LogP contribution is 2.12. The monoisotopic (exact) mass is 252 g/mol. The fraction of sp³-hybridized carbons (Fsp3) is 0.167. The van der Waals surface area contributed by atoms with Gasteiger partial charge in [-0.1, -0.05) is 12.1 Å². The van der Waals surface area contributed by atoms with E-state index in [-0.39, 0.29) is 0 Å². The third kappa shape index (κ3) is 5.13. The van der Waals surface area contributed by atoms with E-state index in [0.29, 0.717) is 5.75 Å². The summed E-state index contributed by atoms with van der Waals surface area (Å²) >= 11 is 0. The van der Waals surface area contributed by atoms with E-state index in [1.165, 1.54) is 6.08 Å². The smallest absolute Gasteiger partial charge is 0.365 e. The van der Waals surface area contributed by atoms with Crippen molar-refractivity contribution in [3.05, 3.63) is 35.9 Å². The van der Waals surface area contributed by atoms with Gasteiger partial charge in [-0.2, -0.15) is 4.89 Å². The number of carbonyl (C=O) groups is 2. The second-order valence-corrected chi connectivity index (χ2v) is 3.16. The van der Waals surface area contributed by atoms with Crippen LogP contribution in [0.3, 0.4) is 0 Å². The van der Waals surface area contributed by atoms with Gasteiger partial charge in [-0.15, -0.1) is 0 Å². The van der Waals surface area contributed by atoms with Crippen molar-refractivity contribution in [1.29, 1.82) is 0 Å². The Bertz CT molecular complexity index is 434. The number of rotatable bonds is 6. The molecular weight excluding hydrogens is 240 g/mol. The summed E-state index contributed by atoms with van der Waals surface area (Å²) in [5.41, 5.74) is 0.769. The third-order valence-corrected chi connectivity index (χ3v) is 1.85. The molecule has 0 atom stereocenters. The molecule has 0 saturated heterocycles. The second kappa shape index (κ2) is 7.08. The lowest BCUT2D eigenvalue weighted by atomic mass is 10.2. The van der Waals surface area contributed by atoms with Gasteiger partial charge >= 0.3 is 11.9 Å². The lowest BCUT2D eigenvalue weighted by molar-refractivity contribution is -0.266. The Morgan fingerprint density at radius 1 is 1.28 bits per heavy atom. The summed E-state index contributed by atoms with van der Waals surface area (Å²) in [6, 6.07) is 6.99. The predicted molar refractivity (Wildman–Crippen MR) is 61.7 cm³/mol. The number of hydrogen-bond donors (Lipinski definition) is 1. The number of methoxy groups -OCH3 is 1. The quantitative estimate of drug-likeness (QED) is 0.466. The van der Waals surface area contributed by atoms with Crippen LogP contribution in [-0.2, 0) is 19.4 Å². The molecule has 0 radical (unpaired) electrons. The summed E-state index contributed by atoms with van der Waals surface area (Å²) in [6.07, 6.45) is 2.63. The van der Waals surface area contributed by atoms with Gasteiger partial charge in [-0.25, -0.2) is 9.59 Å². The van der Waals surface area contributed by atoms with E-state index >= 15 is 0 Å². The molecule has 0 unspecified atom stereocenters. The normalized spacial score (nSPS) is 10.3. The van der Waals surface area contributed by atoms with Crippen molar-refractivity contribution in [2.75, 3.05) is 13.7 Å². The van der Waals surface area contributed by atoms with Crippen LogP contribution in [0.2, 0.25) is 0 Å². The Morgan fingerprint density at radius 2 is 1.94 bits per heavy atom. The van der Waals surface area contributed by atoms with Crippen LogP contribution in [-0.4, -0.2) is 30.8 Å². The molecule has 0 aliphatic rings.